The molecule has 0 aromatic heterocycles. The number of ether oxygens (including phenoxy) is 1. The molecule has 0 unspecified atom stereocenters. The summed E-state index contributed by atoms with van der Waals surface area (Å²) in [5.41, 5.74) is 2.60. The van der Waals surface area contributed by atoms with E-state index >= 15 is 13.2 Å². The van der Waals surface area contributed by atoms with Crippen LogP contribution >= 0.6 is 0 Å². The molecule has 2 aromatic rings. The SMILES string of the molecule is C[C@@H]1CC2=C(Cc3ccccc32)[C@@H](c2c(F)cc(/C=C/C(=O)O)cc2F)N1CC1(F)COC1. The van der Waals surface area contributed by atoms with E-state index in [2.05, 4.69) is 0 Å². The third kappa shape index (κ3) is 3.89. The molecule has 172 valence electrons. The summed E-state index contributed by atoms with van der Waals surface area (Å²) in [6.07, 6.45) is 3.20. The van der Waals surface area contributed by atoms with Gasteiger partial charge in [0.1, 0.15) is 11.6 Å². The van der Waals surface area contributed by atoms with Gasteiger partial charge in [-0.15, -0.1) is 0 Å². The number of alkyl halides is 1. The minimum absolute atomic E-state index is 0.0194. The number of benzene rings is 2. The zero-order valence-electron chi connectivity index (χ0n) is 18.2. The van der Waals surface area contributed by atoms with Crippen LogP contribution in [-0.2, 0) is 16.0 Å². The van der Waals surface area contributed by atoms with E-state index in [1.165, 1.54) is 0 Å². The second kappa shape index (κ2) is 8.15. The number of hydrogen-bond donors (Lipinski definition) is 1. The molecule has 0 saturated carbocycles. The molecule has 1 aliphatic carbocycles. The number of halogens is 3. The molecule has 1 saturated heterocycles. The number of hydrogen-bond acceptors (Lipinski definition) is 3. The zero-order chi connectivity index (χ0) is 23.3. The summed E-state index contributed by atoms with van der Waals surface area (Å²) in [5, 5.41) is 8.83. The Morgan fingerprint density at radius 1 is 1.24 bits per heavy atom. The third-order valence-corrected chi connectivity index (χ3v) is 6.82. The molecule has 2 atom stereocenters. The lowest BCUT2D eigenvalue weighted by Gasteiger charge is -2.47. The van der Waals surface area contributed by atoms with Crippen LogP contribution in [0.25, 0.3) is 11.6 Å². The van der Waals surface area contributed by atoms with Crippen molar-refractivity contribution in [3.05, 3.63) is 81.9 Å². The Bertz CT molecular complexity index is 1160. The highest BCUT2D eigenvalue weighted by molar-refractivity contribution is 5.85. The molecular weight excluding hydrogens is 431 g/mol. The molecule has 1 fully saturated rings. The van der Waals surface area contributed by atoms with Crippen LogP contribution in [-0.4, -0.2) is 47.4 Å². The van der Waals surface area contributed by atoms with Crippen LogP contribution in [0.2, 0.25) is 0 Å². The summed E-state index contributed by atoms with van der Waals surface area (Å²) in [7, 11) is 0. The van der Waals surface area contributed by atoms with Gasteiger partial charge >= 0.3 is 5.97 Å². The first kappa shape index (κ1) is 21.9. The number of fused-ring (bicyclic) bond motifs is 2. The fourth-order valence-corrected chi connectivity index (χ4v) is 5.28. The standard InChI is InChI=1S/C26H24F3NO3/c1-15-8-19-18-5-3-2-4-17(18)11-20(19)25(30(15)12-26(29)13-33-14-26)24-21(27)9-16(10-22(24)28)6-7-23(31)32/h2-7,9-10,15,25H,8,11-14H2,1H3,(H,31,32)/b7-6+/t15-,25+/m1/s1. The second-order valence-electron chi connectivity index (χ2n) is 9.18. The van der Waals surface area contributed by atoms with Crippen molar-refractivity contribution in [3.63, 3.8) is 0 Å². The van der Waals surface area contributed by atoms with E-state index < -0.39 is 29.3 Å². The first-order chi connectivity index (χ1) is 15.8. The average molecular weight is 455 g/mol. The summed E-state index contributed by atoms with van der Waals surface area (Å²) in [5.74, 6) is -2.75. The Morgan fingerprint density at radius 2 is 1.94 bits per heavy atom. The first-order valence-electron chi connectivity index (χ1n) is 11.0. The van der Waals surface area contributed by atoms with Crippen molar-refractivity contribution < 1.29 is 27.8 Å². The topological polar surface area (TPSA) is 49.8 Å². The summed E-state index contributed by atoms with van der Waals surface area (Å²) in [6.45, 7) is 1.92. The van der Waals surface area contributed by atoms with Crippen molar-refractivity contribution >= 4 is 17.6 Å². The Kier molecular flexibility index (Phi) is 5.41. The van der Waals surface area contributed by atoms with Crippen molar-refractivity contribution in [3.8, 4) is 0 Å². The fraction of sp³-hybridized carbons (Fsp3) is 0.346. The lowest BCUT2D eigenvalue weighted by atomic mass is 9.83. The second-order valence-corrected chi connectivity index (χ2v) is 9.18. The van der Waals surface area contributed by atoms with Crippen molar-refractivity contribution in [1.29, 1.82) is 0 Å². The van der Waals surface area contributed by atoms with Gasteiger partial charge in [-0.2, -0.15) is 0 Å². The van der Waals surface area contributed by atoms with E-state index in [1.807, 2.05) is 36.1 Å². The molecule has 4 nitrogen and oxygen atoms in total. The van der Waals surface area contributed by atoms with Crippen LogP contribution in [0.3, 0.4) is 0 Å². The van der Waals surface area contributed by atoms with Gasteiger partial charge in [-0.05, 0) is 65.8 Å². The summed E-state index contributed by atoms with van der Waals surface area (Å²) in [4.78, 5) is 12.7. The number of rotatable bonds is 5. The Hall–Kier alpha value is -2.90. The van der Waals surface area contributed by atoms with Crippen LogP contribution in [0.15, 0.2) is 48.0 Å². The molecule has 33 heavy (non-hydrogen) atoms. The van der Waals surface area contributed by atoms with E-state index in [4.69, 9.17) is 9.84 Å². The van der Waals surface area contributed by atoms with Crippen LogP contribution in [0.1, 0.15) is 41.6 Å². The van der Waals surface area contributed by atoms with Gasteiger partial charge in [0, 0.05) is 24.2 Å². The normalized spacial score (nSPS) is 24.0. The van der Waals surface area contributed by atoms with Gasteiger partial charge in [-0.1, -0.05) is 24.3 Å². The monoisotopic (exact) mass is 455 g/mol. The maximum atomic E-state index is 15.4. The van der Waals surface area contributed by atoms with Crippen LogP contribution in [0.5, 0.6) is 0 Å². The van der Waals surface area contributed by atoms with Gasteiger partial charge in [0.25, 0.3) is 0 Å². The predicted octanol–water partition coefficient (Wildman–Crippen LogP) is 4.95. The highest BCUT2D eigenvalue weighted by Gasteiger charge is 2.47. The maximum absolute atomic E-state index is 15.4. The lowest BCUT2D eigenvalue weighted by molar-refractivity contribution is -0.147. The zero-order valence-corrected chi connectivity index (χ0v) is 18.2. The molecule has 7 heteroatoms. The van der Waals surface area contributed by atoms with E-state index in [-0.39, 0.29) is 36.9 Å². The molecule has 2 aromatic carbocycles. The van der Waals surface area contributed by atoms with Crippen molar-refractivity contribution in [1.82, 2.24) is 4.90 Å². The highest BCUT2D eigenvalue weighted by atomic mass is 19.1. The maximum Gasteiger partial charge on any atom is 0.328 e. The number of nitrogens with zero attached hydrogens (tertiary/aromatic N) is 1. The van der Waals surface area contributed by atoms with E-state index in [9.17, 15) is 4.79 Å². The number of aliphatic carboxylic acids is 1. The lowest BCUT2D eigenvalue weighted by Crippen LogP contribution is -2.57. The van der Waals surface area contributed by atoms with Crippen LogP contribution in [0.4, 0.5) is 13.2 Å². The van der Waals surface area contributed by atoms with Gasteiger partial charge in [0.2, 0.25) is 0 Å². The summed E-state index contributed by atoms with van der Waals surface area (Å²) < 4.78 is 51.1. The summed E-state index contributed by atoms with van der Waals surface area (Å²) in [6, 6.07) is 9.31. The molecule has 0 radical (unpaired) electrons. The highest BCUT2D eigenvalue weighted by Crippen LogP contribution is 2.50. The smallest absolute Gasteiger partial charge is 0.328 e. The minimum atomic E-state index is -1.55. The number of carbonyl (C=O) groups is 1. The van der Waals surface area contributed by atoms with E-state index in [0.29, 0.717) is 12.8 Å². The predicted molar refractivity (Wildman–Crippen MR) is 118 cm³/mol. The quantitative estimate of drug-likeness (QED) is 0.649. The largest absolute Gasteiger partial charge is 0.478 e. The molecule has 0 spiro atoms. The van der Waals surface area contributed by atoms with Crippen LogP contribution in [0, 0.1) is 11.6 Å². The molecule has 0 amide bonds. The molecule has 1 N–H and O–H groups in total. The summed E-state index contributed by atoms with van der Waals surface area (Å²) >= 11 is 0. The van der Waals surface area contributed by atoms with Crippen LogP contribution < -0.4 is 0 Å². The minimum Gasteiger partial charge on any atom is -0.478 e. The third-order valence-electron chi connectivity index (χ3n) is 6.82. The first-order valence-corrected chi connectivity index (χ1v) is 11.0. The van der Waals surface area contributed by atoms with E-state index in [0.717, 1.165) is 46.6 Å². The molecule has 3 aliphatic rings. The van der Waals surface area contributed by atoms with Gasteiger partial charge in [-0.3, -0.25) is 4.90 Å². The van der Waals surface area contributed by atoms with Gasteiger partial charge in [0.15, 0.2) is 5.67 Å². The fourth-order valence-electron chi connectivity index (χ4n) is 5.28. The van der Waals surface area contributed by atoms with E-state index in [1.54, 1.807) is 0 Å². The molecule has 2 aliphatic heterocycles. The Balaban J connectivity index is 1.62. The Morgan fingerprint density at radius 3 is 2.58 bits per heavy atom. The molecule has 0 bridgehead atoms. The van der Waals surface area contributed by atoms with Gasteiger partial charge in [-0.25, -0.2) is 18.0 Å². The van der Waals surface area contributed by atoms with Gasteiger partial charge in [0.05, 0.1) is 19.3 Å². The van der Waals surface area contributed by atoms with Crippen molar-refractivity contribution in [2.75, 3.05) is 19.8 Å². The van der Waals surface area contributed by atoms with Crippen molar-refractivity contribution in [2.24, 2.45) is 0 Å². The molecular formula is C26H24F3NO3. The molecule has 2 heterocycles. The molecule has 5 rings (SSSR count). The number of carboxylic acid groups (broad SMARTS) is 1. The Labute approximate surface area is 190 Å². The van der Waals surface area contributed by atoms with Gasteiger partial charge < -0.3 is 9.84 Å². The average Bonchev–Trinajstić information content (AvgIpc) is 3.10. The number of carboxylic acids is 1. The van der Waals surface area contributed by atoms with Crippen molar-refractivity contribution in [2.45, 2.75) is 37.5 Å².